The number of nitrogens with one attached hydrogen (secondary N) is 1. The number of hydrogen-bond acceptors (Lipinski definition) is 4. The van der Waals surface area contributed by atoms with Crippen LogP contribution in [0.1, 0.15) is 36.5 Å². The van der Waals surface area contributed by atoms with Gasteiger partial charge in [0.25, 0.3) is 5.91 Å². The zero-order valence-electron chi connectivity index (χ0n) is 12.3. The summed E-state index contributed by atoms with van der Waals surface area (Å²) in [5.41, 5.74) is 12.9. The van der Waals surface area contributed by atoms with E-state index in [1.807, 2.05) is 0 Å². The summed E-state index contributed by atoms with van der Waals surface area (Å²) in [7, 11) is 0. The summed E-state index contributed by atoms with van der Waals surface area (Å²) >= 11 is 0. The Balaban J connectivity index is 2.29. The van der Waals surface area contributed by atoms with Crippen molar-refractivity contribution >= 4 is 23.2 Å². The van der Waals surface area contributed by atoms with Crippen molar-refractivity contribution in [1.82, 2.24) is 0 Å². The van der Waals surface area contributed by atoms with Crippen LogP contribution < -0.4 is 21.7 Å². The molecule has 0 unspecified atom stereocenters. The van der Waals surface area contributed by atoms with Gasteiger partial charge < -0.3 is 21.7 Å². The van der Waals surface area contributed by atoms with Gasteiger partial charge in [0.2, 0.25) is 5.91 Å². The first kappa shape index (κ1) is 15.3. The van der Waals surface area contributed by atoms with E-state index in [2.05, 4.69) is 10.2 Å². The van der Waals surface area contributed by atoms with Crippen LogP contribution in [0.3, 0.4) is 0 Å². The van der Waals surface area contributed by atoms with Crippen molar-refractivity contribution in [2.24, 2.45) is 11.5 Å². The lowest BCUT2D eigenvalue weighted by molar-refractivity contribution is -0.117. The minimum Gasteiger partial charge on any atom is -0.371 e. The van der Waals surface area contributed by atoms with E-state index in [1.165, 1.54) is 6.42 Å². The Kier molecular flexibility index (Phi) is 4.80. The quantitative estimate of drug-likeness (QED) is 0.771. The molecule has 1 atom stereocenters. The lowest BCUT2D eigenvalue weighted by atomic mass is 10.1. The molecule has 2 amide bonds. The summed E-state index contributed by atoms with van der Waals surface area (Å²) in [6, 6.07) is 4.54. The average Bonchev–Trinajstić information content (AvgIpc) is 2.47. The summed E-state index contributed by atoms with van der Waals surface area (Å²) in [5.74, 6) is -0.716. The number of hydrogen-bond donors (Lipinski definition) is 3. The molecule has 0 saturated carbocycles. The van der Waals surface area contributed by atoms with Gasteiger partial charge in [-0.15, -0.1) is 0 Å². The maximum atomic E-state index is 11.7. The van der Waals surface area contributed by atoms with E-state index in [1.54, 1.807) is 25.1 Å². The second-order valence-corrected chi connectivity index (χ2v) is 5.42. The van der Waals surface area contributed by atoms with E-state index in [9.17, 15) is 9.59 Å². The molecular weight excluding hydrogens is 268 g/mol. The van der Waals surface area contributed by atoms with E-state index in [-0.39, 0.29) is 5.91 Å². The van der Waals surface area contributed by atoms with Crippen LogP contribution in [0, 0.1) is 0 Å². The molecule has 0 aliphatic carbocycles. The van der Waals surface area contributed by atoms with Crippen molar-refractivity contribution < 1.29 is 9.59 Å². The van der Waals surface area contributed by atoms with Gasteiger partial charge in [0.15, 0.2) is 0 Å². The molecule has 1 aliphatic heterocycles. The Morgan fingerprint density at radius 1 is 1.24 bits per heavy atom. The fourth-order valence-electron chi connectivity index (χ4n) is 2.47. The summed E-state index contributed by atoms with van der Waals surface area (Å²) in [5, 5.41) is 2.74. The van der Waals surface area contributed by atoms with Gasteiger partial charge in [0.1, 0.15) is 0 Å². The molecule has 1 fully saturated rings. The molecule has 5 N–H and O–H groups in total. The zero-order chi connectivity index (χ0) is 15.4. The molecule has 21 heavy (non-hydrogen) atoms. The molecule has 1 aromatic carbocycles. The molecular formula is C15H22N4O2. The Morgan fingerprint density at radius 2 is 1.90 bits per heavy atom. The molecule has 2 rings (SSSR count). The predicted molar refractivity (Wildman–Crippen MR) is 83.3 cm³/mol. The number of carbonyl (C=O) groups is 2. The number of carbonyl (C=O) groups excluding carboxylic acids is 2. The topological polar surface area (TPSA) is 101 Å². The normalized spacial score (nSPS) is 16.4. The van der Waals surface area contributed by atoms with E-state index in [0.29, 0.717) is 11.3 Å². The lowest BCUT2D eigenvalue weighted by Crippen LogP contribution is -2.33. The minimum absolute atomic E-state index is 0.258. The van der Waals surface area contributed by atoms with Crippen LogP contribution in [0.2, 0.25) is 0 Å². The fraction of sp³-hybridized carbons (Fsp3) is 0.467. The van der Waals surface area contributed by atoms with Crippen molar-refractivity contribution in [2.45, 2.75) is 32.2 Å². The van der Waals surface area contributed by atoms with Crippen LogP contribution in [0.4, 0.5) is 11.4 Å². The number of rotatable bonds is 4. The standard InChI is InChI=1S/C15H22N4O2/c1-10(16)15(21)18-11-5-6-12(14(17)20)13(9-11)19-7-3-2-4-8-19/h5-6,9-10H,2-4,7-8,16H2,1H3,(H2,17,20)(H,18,21)/t10-/m0/s1. The number of piperidine rings is 1. The molecule has 6 nitrogen and oxygen atoms in total. The molecule has 114 valence electrons. The largest absolute Gasteiger partial charge is 0.371 e. The van der Waals surface area contributed by atoms with Crippen molar-refractivity contribution in [3.8, 4) is 0 Å². The number of amides is 2. The Morgan fingerprint density at radius 3 is 2.48 bits per heavy atom. The number of nitrogens with zero attached hydrogens (tertiary/aromatic N) is 1. The molecule has 1 saturated heterocycles. The molecule has 0 radical (unpaired) electrons. The first-order chi connectivity index (χ1) is 9.99. The van der Waals surface area contributed by atoms with Crippen molar-refractivity contribution in [2.75, 3.05) is 23.3 Å². The van der Waals surface area contributed by atoms with Gasteiger partial charge in [0.05, 0.1) is 17.3 Å². The zero-order valence-corrected chi connectivity index (χ0v) is 12.3. The number of primary amides is 1. The molecule has 1 aromatic rings. The number of anilines is 2. The highest BCUT2D eigenvalue weighted by atomic mass is 16.2. The van der Waals surface area contributed by atoms with Gasteiger partial charge in [-0.2, -0.15) is 0 Å². The fourth-order valence-corrected chi connectivity index (χ4v) is 2.47. The Labute approximate surface area is 124 Å². The number of nitrogens with two attached hydrogens (primary N) is 2. The Hall–Kier alpha value is -2.08. The first-order valence-corrected chi connectivity index (χ1v) is 7.24. The van der Waals surface area contributed by atoms with Crippen molar-refractivity contribution in [1.29, 1.82) is 0 Å². The average molecular weight is 290 g/mol. The predicted octanol–water partition coefficient (Wildman–Crippen LogP) is 1.06. The third-order valence-electron chi connectivity index (χ3n) is 3.64. The van der Waals surface area contributed by atoms with Gasteiger partial charge >= 0.3 is 0 Å². The highest BCUT2D eigenvalue weighted by Gasteiger charge is 2.18. The minimum atomic E-state index is -0.584. The van der Waals surface area contributed by atoms with Crippen LogP contribution in [-0.4, -0.2) is 30.9 Å². The molecule has 0 spiro atoms. The number of benzene rings is 1. The molecule has 0 aromatic heterocycles. The van der Waals surface area contributed by atoms with Crippen LogP contribution in [0.5, 0.6) is 0 Å². The summed E-state index contributed by atoms with van der Waals surface area (Å²) in [6.45, 7) is 3.41. The molecule has 1 aliphatic rings. The summed E-state index contributed by atoms with van der Waals surface area (Å²) < 4.78 is 0. The highest BCUT2D eigenvalue weighted by Crippen LogP contribution is 2.27. The van der Waals surface area contributed by atoms with E-state index in [0.717, 1.165) is 31.6 Å². The maximum absolute atomic E-state index is 11.7. The molecule has 0 bridgehead atoms. The first-order valence-electron chi connectivity index (χ1n) is 7.24. The Bertz CT molecular complexity index is 536. The highest BCUT2D eigenvalue weighted by molar-refractivity contribution is 6.01. The van der Waals surface area contributed by atoms with Gasteiger partial charge in [0, 0.05) is 18.8 Å². The monoisotopic (exact) mass is 290 g/mol. The molecule has 1 heterocycles. The van der Waals surface area contributed by atoms with E-state index in [4.69, 9.17) is 11.5 Å². The van der Waals surface area contributed by atoms with E-state index < -0.39 is 11.9 Å². The van der Waals surface area contributed by atoms with Gasteiger partial charge in [-0.3, -0.25) is 9.59 Å². The van der Waals surface area contributed by atoms with Gasteiger partial charge in [-0.1, -0.05) is 0 Å². The van der Waals surface area contributed by atoms with Crippen molar-refractivity contribution in [3.05, 3.63) is 23.8 Å². The summed E-state index contributed by atoms with van der Waals surface area (Å²) in [6.07, 6.45) is 3.38. The lowest BCUT2D eigenvalue weighted by Gasteiger charge is -2.30. The second kappa shape index (κ2) is 6.58. The van der Waals surface area contributed by atoms with Crippen LogP contribution >= 0.6 is 0 Å². The van der Waals surface area contributed by atoms with Crippen LogP contribution in [-0.2, 0) is 4.79 Å². The van der Waals surface area contributed by atoms with Crippen LogP contribution in [0.25, 0.3) is 0 Å². The SMILES string of the molecule is C[C@H](N)C(=O)Nc1ccc(C(N)=O)c(N2CCCCC2)c1. The summed E-state index contributed by atoms with van der Waals surface area (Å²) in [4.78, 5) is 25.4. The third-order valence-corrected chi connectivity index (χ3v) is 3.64. The molecule has 6 heteroatoms. The smallest absolute Gasteiger partial charge is 0.250 e. The van der Waals surface area contributed by atoms with Crippen LogP contribution in [0.15, 0.2) is 18.2 Å². The van der Waals surface area contributed by atoms with E-state index >= 15 is 0 Å². The van der Waals surface area contributed by atoms with Gasteiger partial charge in [-0.25, -0.2) is 0 Å². The second-order valence-electron chi connectivity index (χ2n) is 5.42. The van der Waals surface area contributed by atoms with Gasteiger partial charge in [-0.05, 0) is 44.4 Å². The third kappa shape index (κ3) is 3.72. The maximum Gasteiger partial charge on any atom is 0.250 e. The van der Waals surface area contributed by atoms with Crippen molar-refractivity contribution in [3.63, 3.8) is 0 Å².